The molecular weight excluding hydrogens is 350 g/mol. The minimum atomic E-state index is -0.0643. The van der Waals surface area contributed by atoms with Crippen molar-refractivity contribution in [2.24, 2.45) is 0 Å². The van der Waals surface area contributed by atoms with Crippen molar-refractivity contribution in [2.45, 2.75) is 0 Å². The van der Waals surface area contributed by atoms with Gasteiger partial charge in [-0.1, -0.05) is 60.7 Å². The van der Waals surface area contributed by atoms with E-state index in [1.165, 1.54) is 4.80 Å². The van der Waals surface area contributed by atoms with Gasteiger partial charge in [-0.15, -0.1) is 15.0 Å². The van der Waals surface area contributed by atoms with E-state index in [0.717, 1.165) is 10.8 Å². The maximum absolute atomic E-state index is 12.7. The van der Waals surface area contributed by atoms with Crippen LogP contribution < -0.4 is 0 Å². The first-order valence-electron chi connectivity index (χ1n) is 8.89. The van der Waals surface area contributed by atoms with E-state index >= 15 is 0 Å². The Bertz CT molecular complexity index is 1340. The van der Waals surface area contributed by atoms with E-state index in [-0.39, 0.29) is 11.5 Å². The van der Waals surface area contributed by atoms with Crippen molar-refractivity contribution in [1.82, 2.24) is 15.0 Å². The van der Waals surface area contributed by atoms with Gasteiger partial charge in [0.2, 0.25) is 0 Å². The van der Waals surface area contributed by atoms with E-state index in [2.05, 4.69) is 10.2 Å². The van der Waals surface area contributed by atoms with E-state index in [4.69, 9.17) is 0 Å². The van der Waals surface area contributed by atoms with Crippen molar-refractivity contribution in [1.29, 1.82) is 0 Å². The molecule has 1 heterocycles. The zero-order valence-corrected chi connectivity index (χ0v) is 14.8. The molecule has 5 nitrogen and oxygen atoms in total. The Morgan fingerprint density at radius 2 is 1.50 bits per heavy atom. The number of hydrogen-bond donors (Lipinski definition) is 1. The molecule has 1 N–H and O–H groups in total. The standard InChI is InChI=1S/C23H15N3O2/c27-22(16-7-2-1-3-8-16)17-10-12-19-20(14-17)25-26(24-19)21-13-11-15-6-4-5-9-18(15)23(21)28/h1-14,28H. The number of benzene rings is 4. The van der Waals surface area contributed by atoms with E-state index in [0.29, 0.717) is 27.8 Å². The van der Waals surface area contributed by atoms with Crippen LogP contribution in [0.2, 0.25) is 0 Å². The second-order valence-corrected chi connectivity index (χ2v) is 6.54. The molecule has 4 aromatic carbocycles. The Balaban J connectivity index is 1.59. The molecule has 0 saturated carbocycles. The third kappa shape index (κ3) is 2.61. The molecule has 0 saturated heterocycles. The summed E-state index contributed by atoms with van der Waals surface area (Å²) >= 11 is 0. The van der Waals surface area contributed by atoms with Crippen molar-refractivity contribution in [3.63, 3.8) is 0 Å². The van der Waals surface area contributed by atoms with E-state index < -0.39 is 0 Å². The Morgan fingerprint density at radius 3 is 2.36 bits per heavy atom. The van der Waals surface area contributed by atoms with Crippen LogP contribution in [0.5, 0.6) is 5.75 Å². The average molecular weight is 365 g/mol. The lowest BCUT2D eigenvalue weighted by Gasteiger charge is -2.06. The highest BCUT2D eigenvalue weighted by Crippen LogP contribution is 2.31. The highest BCUT2D eigenvalue weighted by atomic mass is 16.3. The number of rotatable bonds is 3. The third-order valence-electron chi connectivity index (χ3n) is 4.77. The summed E-state index contributed by atoms with van der Waals surface area (Å²) in [5.74, 6) is 0.0598. The second-order valence-electron chi connectivity index (χ2n) is 6.54. The summed E-state index contributed by atoms with van der Waals surface area (Å²) in [4.78, 5) is 14.1. The normalized spacial score (nSPS) is 11.1. The van der Waals surface area contributed by atoms with Gasteiger partial charge in [0.1, 0.15) is 16.7 Å². The number of carbonyl (C=O) groups excluding carboxylic acids is 1. The van der Waals surface area contributed by atoms with E-state index in [1.807, 2.05) is 48.5 Å². The molecule has 134 valence electrons. The predicted molar refractivity (Wildman–Crippen MR) is 108 cm³/mol. The molecule has 0 aliphatic carbocycles. The summed E-state index contributed by atoms with van der Waals surface area (Å²) in [5.41, 5.74) is 2.91. The summed E-state index contributed by atoms with van der Waals surface area (Å²) in [6.45, 7) is 0. The average Bonchev–Trinajstić information content (AvgIpc) is 3.17. The molecule has 0 radical (unpaired) electrons. The first kappa shape index (κ1) is 16.2. The Hall–Kier alpha value is -3.99. The van der Waals surface area contributed by atoms with Crippen LogP contribution in [-0.2, 0) is 0 Å². The van der Waals surface area contributed by atoms with Gasteiger partial charge in [-0.25, -0.2) is 0 Å². The van der Waals surface area contributed by atoms with Crippen LogP contribution in [0, 0.1) is 0 Å². The lowest BCUT2D eigenvalue weighted by atomic mass is 10.0. The number of aromatic nitrogens is 3. The van der Waals surface area contributed by atoms with Crippen LogP contribution in [0.4, 0.5) is 0 Å². The lowest BCUT2D eigenvalue weighted by Crippen LogP contribution is -2.00. The molecule has 0 unspecified atom stereocenters. The van der Waals surface area contributed by atoms with Crippen molar-refractivity contribution in [3.05, 3.63) is 96.1 Å². The topological polar surface area (TPSA) is 68.0 Å². The quantitative estimate of drug-likeness (QED) is 0.478. The minimum absolute atomic E-state index is 0.0643. The zero-order valence-electron chi connectivity index (χ0n) is 14.8. The fourth-order valence-electron chi connectivity index (χ4n) is 3.32. The SMILES string of the molecule is O=C(c1ccccc1)c1ccc2nn(-c3ccc4ccccc4c3O)nc2c1. The molecule has 0 amide bonds. The van der Waals surface area contributed by atoms with Gasteiger partial charge in [0.05, 0.1) is 0 Å². The van der Waals surface area contributed by atoms with Crippen molar-refractivity contribution in [2.75, 3.05) is 0 Å². The largest absolute Gasteiger partial charge is 0.505 e. The summed E-state index contributed by atoms with van der Waals surface area (Å²) in [5, 5.41) is 21.3. The number of ketones is 1. The van der Waals surface area contributed by atoms with Gasteiger partial charge in [0, 0.05) is 16.5 Å². The van der Waals surface area contributed by atoms with E-state index in [9.17, 15) is 9.90 Å². The highest BCUT2D eigenvalue weighted by Gasteiger charge is 2.14. The Morgan fingerprint density at radius 1 is 0.750 bits per heavy atom. The van der Waals surface area contributed by atoms with Gasteiger partial charge >= 0.3 is 0 Å². The maximum atomic E-state index is 12.7. The fourth-order valence-corrected chi connectivity index (χ4v) is 3.32. The number of nitrogens with zero attached hydrogens (tertiary/aromatic N) is 3. The van der Waals surface area contributed by atoms with Crippen LogP contribution >= 0.6 is 0 Å². The zero-order chi connectivity index (χ0) is 19.1. The van der Waals surface area contributed by atoms with Crippen molar-refractivity contribution in [3.8, 4) is 11.4 Å². The smallest absolute Gasteiger partial charge is 0.193 e. The van der Waals surface area contributed by atoms with Gasteiger partial charge in [0.15, 0.2) is 11.5 Å². The second kappa shape index (κ2) is 6.32. The van der Waals surface area contributed by atoms with Gasteiger partial charge < -0.3 is 5.11 Å². The van der Waals surface area contributed by atoms with Gasteiger partial charge in [-0.2, -0.15) is 0 Å². The number of carbonyl (C=O) groups is 1. The molecule has 0 spiro atoms. The number of hydrogen-bond acceptors (Lipinski definition) is 4. The monoisotopic (exact) mass is 365 g/mol. The Labute approximate surface area is 160 Å². The van der Waals surface area contributed by atoms with Crippen LogP contribution in [0.15, 0.2) is 84.9 Å². The van der Waals surface area contributed by atoms with Crippen LogP contribution in [-0.4, -0.2) is 25.9 Å². The molecular formula is C23H15N3O2. The first-order chi connectivity index (χ1) is 13.7. The molecule has 0 aliphatic rings. The molecule has 1 aromatic heterocycles. The molecule has 0 fully saturated rings. The van der Waals surface area contributed by atoms with E-state index in [1.54, 1.807) is 36.4 Å². The van der Waals surface area contributed by atoms with Crippen LogP contribution in [0.25, 0.3) is 27.5 Å². The lowest BCUT2D eigenvalue weighted by molar-refractivity contribution is 0.103. The minimum Gasteiger partial charge on any atom is -0.505 e. The first-order valence-corrected chi connectivity index (χ1v) is 8.89. The van der Waals surface area contributed by atoms with Crippen molar-refractivity contribution >= 4 is 27.6 Å². The summed E-state index contributed by atoms with van der Waals surface area (Å²) in [6, 6.07) is 25.7. The number of phenols is 1. The maximum Gasteiger partial charge on any atom is 0.193 e. The molecule has 0 bridgehead atoms. The molecule has 5 aromatic rings. The number of aromatic hydroxyl groups is 1. The Kier molecular flexibility index (Phi) is 3.66. The summed E-state index contributed by atoms with van der Waals surface area (Å²) in [7, 11) is 0. The summed E-state index contributed by atoms with van der Waals surface area (Å²) in [6.07, 6.45) is 0. The number of fused-ring (bicyclic) bond motifs is 2. The van der Waals surface area contributed by atoms with Gasteiger partial charge in [-0.05, 0) is 29.7 Å². The highest BCUT2D eigenvalue weighted by molar-refractivity contribution is 6.10. The summed E-state index contributed by atoms with van der Waals surface area (Å²) < 4.78 is 0. The third-order valence-corrected chi connectivity index (χ3v) is 4.77. The number of phenolic OH excluding ortho intramolecular Hbond substituents is 1. The van der Waals surface area contributed by atoms with Crippen LogP contribution in [0.3, 0.4) is 0 Å². The fraction of sp³-hybridized carbons (Fsp3) is 0. The molecule has 28 heavy (non-hydrogen) atoms. The van der Waals surface area contributed by atoms with Gasteiger partial charge in [-0.3, -0.25) is 4.79 Å². The van der Waals surface area contributed by atoms with Gasteiger partial charge in [0.25, 0.3) is 0 Å². The molecule has 0 atom stereocenters. The molecule has 5 rings (SSSR count). The van der Waals surface area contributed by atoms with Crippen molar-refractivity contribution < 1.29 is 9.90 Å². The predicted octanol–water partition coefficient (Wildman–Crippen LogP) is 4.51. The van der Waals surface area contributed by atoms with Crippen LogP contribution in [0.1, 0.15) is 15.9 Å². The molecule has 5 heteroatoms. The molecule has 0 aliphatic heterocycles.